The molecule has 2 amide bonds. The maximum atomic E-state index is 12.2. The second-order valence-electron chi connectivity index (χ2n) is 6.88. The zero-order chi connectivity index (χ0) is 16.9. The van der Waals surface area contributed by atoms with Gasteiger partial charge in [-0.2, -0.15) is 11.8 Å². The zero-order valence-electron chi connectivity index (χ0n) is 14.6. The highest BCUT2D eigenvalue weighted by molar-refractivity contribution is 7.99. The molecule has 2 heterocycles. The van der Waals surface area contributed by atoms with Gasteiger partial charge in [0.15, 0.2) is 0 Å². The lowest BCUT2D eigenvalue weighted by Crippen LogP contribution is -2.49. The summed E-state index contributed by atoms with van der Waals surface area (Å²) in [4.78, 5) is 19.1. The first-order valence-corrected chi connectivity index (χ1v) is 10.2. The minimum Gasteiger partial charge on any atom is -0.356 e. The predicted octanol–water partition coefficient (Wildman–Crippen LogP) is 2.94. The number of carbonyl (C=O) groups is 1. The number of rotatable bonds is 4. The molecular weight excluding hydrogens is 320 g/mol. The third kappa shape index (κ3) is 4.56. The van der Waals surface area contributed by atoms with Gasteiger partial charge in [-0.3, -0.25) is 0 Å². The van der Waals surface area contributed by atoms with Crippen molar-refractivity contribution in [3.05, 3.63) is 23.9 Å². The highest BCUT2D eigenvalue weighted by atomic mass is 32.2. The van der Waals surface area contributed by atoms with Gasteiger partial charge in [-0.1, -0.05) is 6.07 Å². The average Bonchev–Trinajstić information content (AvgIpc) is 3.03. The van der Waals surface area contributed by atoms with E-state index in [-0.39, 0.29) is 12.1 Å². The van der Waals surface area contributed by atoms with Crippen LogP contribution in [0, 0.1) is 6.92 Å². The molecule has 132 valence electrons. The van der Waals surface area contributed by atoms with Crippen LogP contribution in [0.25, 0.3) is 0 Å². The Kier molecular flexibility index (Phi) is 5.87. The largest absolute Gasteiger partial charge is 0.356 e. The lowest BCUT2D eigenvalue weighted by molar-refractivity contribution is 0.230. The van der Waals surface area contributed by atoms with E-state index in [0.29, 0.717) is 11.3 Å². The van der Waals surface area contributed by atoms with Gasteiger partial charge in [0.2, 0.25) is 0 Å². The maximum Gasteiger partial charge on any atom is 0.315 e. The first-order chi connectivity index (χ1) is 11.6. The van der Waals surface area contributed by atoms with Crippen LogP contribution in [0.4, 0.5) is 10.6 Å². The van der Waals surface area contributed by atoms with Gasteiger partial charge >= 0.3 is 6.03 Å². The molecule has 1 aromatic rings. The third-order valence-corrected chi connectivity index (χ3v) is 6.18. The Hall–Kier alpha value is -1.43. The molecule has 2 atom stereocenters. The number of carbonyl (C=O) groups excluding carboxylic acids is 1. The fraction of sp³-hybridized carbons (Fsp3) is 0.667. The predicted molar refractivity (Wildman–Crippen MR) is 101 cm³/mol. The van der Waals surface area contributed by atoms with Crippen LogP contribution < -0.4 is 15.5 Å². The first-order valence-electron chi connectivity index (χ1n) is 8.92. The minimum absolute atomic E-state index is 0.00823. The van der Waals surface area contributed by atoms with E-state index >= 15 is 0 Å². The number of nitrogens with one attached hydrogen (secondary N) is 2. The highest BCUT2D eigenvalue weighted by Crippen LogP contribution is 2.28. The van der Waals surface area contributed by atoms with Crippen LogP contribution in [0.2, 0.25) is 0 Å². The number of amides is 2. The molecule has 6 heteroatoms. The number of nitrogens with zero attached hydrogens (tertiary/aromatic N) is 2. The number of pyridine rings is 1. The second-order valence-corrected chi connectivity index (χ2v) is 8.02. The molecule has 1 saturated heterocycles. The summed E-state index contributed by atoms with van der Waals surface area (Å²) >= 11 is 1.91. The normalized spacial score (nSPS) is 24.8. The van der Waals surface area contributed by atoms with E-state index in [4.69, 9.17) is 0 Å². The summed E-state index contributed by atoms with van der Waals surface area (Å²) in [6.07, 6.45) is 7.53. The molecule has 0 spiro atoms. The molecule has 0 bridgehead atoms. The number of aromatic nitrogens is 1. The van der Waals surface area contributed by atoms with Gasteiger partial charge in [-0.25, -0.2) is 9.78 Å². The standard InChI is InChI=1S/C18H28N4OS/c1-13-4-3-5-17(19-13)22-10-8-14(9-11-22)20-18(23)21-15-6-7-16(12-15)24-2/h3-5,14-16H,6-12H2,1-2H3,(H2,20,21,23)/t15-,16+/m1/s1. The molecule has 0 unspecified atom stereocenters. The molecule has 0 aromatic carbocycles. The fourth-order valence-corrected chi connectivity index (χ4v) is 4.45. The van der Waals surface area contributed by atoms with Gasteiger partial charge in [0.05, 0.1) is 0 Å². The Balaban J connectivity index is 1.41. The minimum atomic E-state index is 0.00823. The summed E-state index contributed by atoms with van der Waals surface area (Å²) in [5.41, 5.74) is 1.05. The van der Waals surface area contributed by atoms with E-state index in [1.54, 1.807) is 0 Å². The van der Waals surface area contributed by atoms with Gasteiger partial charge in [0.25, 0.3) is 0 Å². The van der Waals surface area contributed by atoms with Crippen LogP contribution in [0.15, 0.2) is 18.2 Å². The van der Waals surface area contributed by atoms with Crippen LogP contribution in [-0.4, -0.2) is 47.7 Å². The number of thioether (sulfide) groups is 1. The number of urea groups is 1. The number of piperidine rings is 1. The first kappa shape index (κ1) is 17.4. The van der Waals surface area contributed by atoms with E-state index in [2.05, 4.69) is 38.9 Å². The van der Waals surface area contributed by atoms with Gasteiger partial charge in [0, 0.05) is 36.1 Å². The molecule has 1 aliphatic carbocycles. The van der Waals surface area contributed by atoms with E-state index in [1.807, 2.05) is 24.8 Å². The summed E-state index contributed by atoms with van der Waals surface area (Å²) in [6.45, 7) is 3.91. The van der Waals surface area contributed by atoms with Gasteiger partial charge in [-0.05, 0) is 57.4 Å². The smallest absolute Gasteiger partial charge is 0.315 e. The highest BCUT2D eigenvalue weighted by Gasteiger charge is 2.26. The Morgan fingerprint density at radius 3 is 2.58 bits per heavy atom. The van der Waals surface area contributed by atoms with Crippen molar-refractivity contribution in [1.29, 1.82) is 0 Å². The Bertz CT molecular complexity index is 560. The van der Waals surface area contributed by atoms with Crippen LogP contribution >= 0.6 is 11.8 Å². The van der Waals surface area contributed by atoms with Gasteiger partial charge in [-0.15, -0.1) is 0 Å². The Morgan fingerprint density at radius 1 is 1.17 bits per heavy atom. The van der Waals surface area contributed by atoms with Crippen LogP contribution in [0.3, 0.4) is 0 Å². The van der Waals surface area contributed by atoms with Crippen molar-refractivity contribution in [2.45, 2.75) is 56.4 Å². The molecule has 1 aliphatic heterocycles. The van der Waals surface area contributed by atoms with Gasteiger partial charge < -0.3 is 15.5 Å². The molecule has 3 rings (SSSR count). The van der Waals surface area contributed by atoms with Crippen molar-refractivity contribution < 1.29 is 4.79 Å². The molecular formula is C18H28N4OS. The molecule has 1 saturated carbocycles. The number of hydrogen-bond donors (Lipinski definition) is 2. The lowest BCUT2D eigenvalue weighted by Gasteiger charge is -2.33. The van der Waals surface area contributed by atoms with Crippen LogP contribution in [-0.2, 0) is 0 Å². The lowest BCUT2D eigenvalue weighted by atomic mass is 10.1. The number of anilines is 1. The molecule has 1 aromatic heterocycles. The topological polar surface area (TPSA) is 57.3 Å². The molecule has 0 radical (unpaired) electrons. The van der Waals surface area contributed by atoms with Gasteiger partial charge in [0.1, 0.15) is 5.82 Å². The summed E-state index contributed by atoms with van der Waals surface area (Å²) in [6, 6.07) is 6.76. The Labute approximate surface area is 149 Å². The Morgan fingerprint density at radius 2 is 1.92 bits per heavy atom. The van der Waals surface area contributed by atoms with Crippen molar-refractivity contribution in [3.63, 3.8) is 0 Å². The molecule has 2 aliphatic rings. The number of hydrogen-bond acceptors (Lipinski definition) is 4. The summed E-state index contributed by atoms with van der Waals surface area (Å²) in [5, 5.41) is 7.02. The SMILES string of the molecule is CS[C@H]1CC[C@@H](NC(=O)NC2CCN(c3cccc(C)n3)CC2)C1. The molecule has 24 heavy (non-hydrogen) atoms. The van der Waals surface area contributed by atoms with E-state index in [1.165, 1.54) is 6.42 Å². The second kappa shape index (κ2) is 8.10. The fourth-order valence-electron chi connectivity index (χ4n) is 3.66. The molecule has 2 N–H and O–H groups in total. The van der Waals surface area contributed by atoms with Crippen molar-refractivity contribution in [2.24, 2.45) is 0 Å². The average molecular weight is 349 g/mol. The summed E-state index contributed by atoms with van der Waals surface area (Å²) < 4.78 is 0. The van der Waals surface area contributed by atoms with Crippen molar-refractivity contribution in [1.82, 2.24) is 15.6 Å². The van der Waals surface area contributed by atoms with E-state index in [9.17, 15) is 4.79 Å². The maximum absolute atomic E-state index is 12.2. The van der Waals surface area contributed by atoms with Crippen molar-refractivity contribution >= 4 is 23.6 Å². The third-order valence-electron chi connectivity index (χ3n) is 5.08. The summed E-state index contributed by atoms with van der Waals surface area (Å²) in [7, 11) is 0. The quantitative estimate of drug-likeness (QED) is 0.878. The summed E-state index contributed by atoms with van der Waals surface area (Å²) in [5.74, 6) is 1.05. The van der Waals surface area contributed by atoms with E-state index < -0.39 is 0 Å². The van der Waals surface area contributed by atoms with Crippen LogP contribution in [0.1, 0.15) is 37.8 Å². The van der Waals surface area contributed by atoms with E-state index in [0.717, 1.165) is 50.3 Å². The molecule has 2 fully saturated rings. The number of aryl methyl sites for hydroxylation is 1. The zero-order valence-corrected chi connectivity index (χ0v) is 15.4. The molecule has 5 nitrogen and oxygen atoms in total. The van der Waals surface area contributed by atoms with Crippen molar-refractivity contribution in [2.75, 3.05) is 24.2 Å². The van der Waals surface area contributed by atoms with Crippen molar-refractivity contribution in [3.8, 4) is 0 Å². The van der Waals surface area contributed by atoms with Crippen LogP contribution in [0.5, 0.6) is 0 Å². The monoisotopic (exact) mass is 348 g/mol.